The summed E-state index contributed by atoms with van der Waals surface area (Å²) in [4.78, 5) is 0. The van der Waals surface area contributed by atoms with E-state index in [1.807, 2.05) is 6.92 Å². The van der Waals surface area contributed by atoms with Gasteiger partial charge in [0.05, 0.1) is 6.04 Å². The fraction of sp³-hybridized carbons (Fsp3) is 0.200. The van der Waals surface area contributed by atoms with Crippen molar-refractivity contribution in [2.45, 2.75) is 13.0 Å². The Morgan fingerprint density at radius 1 is 1.05 bits per heavy atom. The van der Waals surface area contributed by atoms with Crippen LogP contribution in [0.4, 0.5) is 13.2 Å². The summed E-state index contributed by atoms with van der Waals surface area (Å²) in [5.41, 5.74) is 0.688. The molecule has 106 valence electrons. The predicted octanol–water partition coefficient (Wildman–Crippen LogP) is 4.57. The largest absolute Gasteiger partial charge is 0.306 e. The Balaban J connectivity index is 2.52. The van der Waals surface area contributed by atoms with Crippen molar-refractivity contribution < 1.29 is 13.2 Å². The molecule has 5 heteroatoms. The minimum atomic E-state index is -0.609. The fourth-order valence-corrected chi connectivity index (χ4v) is 2.57. The Morgan fingerprint density at radius 2 is 1.80 bits per heavy atom. The molecular weight excluding hydrogens is 331 g/mol. The third-order valence-electron chi connectivity index (χ3n) is 2.90. The van der Waals surface area contributed by atoms with E-state index in [-0.39, 0.29) is 5.56 Å². The molecule has 0 bridgehead atoms. The van der Waals surface area contributed by atoms with Crippen LogP contribution in [0.15, 0.2) is 40.9 Å². The zero-order chi connectivity index (χ0) is 14.7. The lowest BCUT2D eigenvalue weighted by Crippen LogP contribution is -2.23. The van der Waals surface area contributed by atoms with Gasteiger partial charge in [0.2, 0.25) is 0 Å². The lowest BCUT2D eigenvalue weighted by Gasteiger charge is -2.20. The van der Waals surface area contributed by atoms with Crippen LogP contribution in [-0.2, 0) is 0 Å². The average Bonchev–Trinajstić information content (AvgIpc) is 2.38. The van der Waals surface area contributed by atoms with Crippen molar-refractivity contribution in [2.75, 3.05) is 6.54 Å². The van der Waals surface area contributed by atoms with E-state index in [9.17, 15) is 13.2 Å². The van der Waals surface area contributed by atoms with Crippen molar-refractivity contribution in [1.82, 2.24) is 5.32 Å². The van der Waals surface area contributed by atoms with Gasteiger partial charge >= 0.3 is 0 Å². The first kappa shape index (κ1) is 15.1. The minimum Gasteiger partial charge on any atom is -0.306 e. The number of hydrogen-bond acceptors (Lipinski definition) is 1. The molecule has 2 rings (SSSR count). The molecule has 0 amide bonds. The molecule has 0 saturated heterocycles. The van der Waals surface area contributed by atoms with E-state index in [4.69, 9.17) is 0 Å². The van der Waals surface area contributed by atoms with Crippen molar-refractivity contribution in [2.24, 2.45) is 0 Å². The van der Waals surface area contributed by atoms with E-state index in [2.05, 4.69) is 21.2 Å². The second-order valence-corrected chi connectivity index (χ2v) is 5.27. The van der Waals surface area contributed by atoms with Crippen molar-refractivity contribution in [3.8, 4) is 0 Å². The van der Waals surface area contributed by atoms with E-state index in [1.165, 1.54) is 12.1 Å². The van der Waals surface area contributed by atoms with Crippen molar-refractivity contribution in [1.29, 1.82) is 0 Å². The van der Waals surface area contributed by atoms with Gasteiger partial charge in [-0.3, -0.25) is 0 Å². The normalized spacial score (nSPS) is 12.4. The first-order valence-corrected chi connectivity index (χ1v) is 6.95. The van der Waals surface area contributed by atoms with E-state index in [1.54, 1.807) is 6.07 Å². The van der Waals surface area contributed by atoms with Crippen LogP contribution in [0.2, 0.25) is 0 Å². The summed E-state index contributed by atoms with van der Waals surface area (Å²) >= 11 is 3.20. The van der Waals surface area contributed by atoms with Crippen LogP contribution in [0.25, 0.3) is 0 Å². The standard InChI is InChI=1S/C15H13BrF3N/c1-2-20-15(9-5-10(16)7-12(18)6-9)13-8-11(17)3-4-14(13)19/h3-8,15,20H,2H2,1H3. The van der Waals surface area contributed by atoms with Gasteiger partial charge in [-0.1, -0.05) is 22.9 Å². The summed E-state index contributed by atoms with van der Waals surface area (Å²) in [6.07, 6.45) is 0. The molecule has 0 saturated carbocycles. The zero-order valence-corrected chi connectivity index (χ0v) is 12.3. The topological polar surface area (TPSA) is 12.0 Å². The molecule has 0 aliphatic carbocycles. The number of hydrogen-bond donors (Lipinski definition) is 1. The lowest BCUT2D eigenvalue weighted by molar-refractivity contribution is 0.541. The Labute approximate surface area is 123 Å². The van der Waals surface area contributed by atoms with Crippen LogP contribution in [0.5, 0.6) is 0 Å². The highest BCUT2D eigenvalue weighted by molar-refractivity contribution is 9.10. The fourth-order valence-electron chi connectivity index (χ4n) is 2.09. The highest BCUT2D eigenvalue weighted by atomic mass is 79.9. The Hall–Kier alpha value is -1.33. The maximum absolute atomic E-state index is 13.9. The minimum absolute atomic E-state index is 0.157. The monoisotopic (exact) mass is 343 g/mol. The van der Waals surface area contributed by atoms with Crippen LogP contribution in [0, 0.1) is 17.5 Å². The van der Waals surface area contributed by atoms with Crippen molar-refractivity contribution >= 4 is 15.9 Å². The van der Waals surface area contributed by atoms with Crippen molar-refractivity contribution in [3.63, 3.8) is 0 Å². The number of benzene rings is 2. The summed E-state index contributed by atoms with van der Waals surface area (Å²) in [5, 5.41) is 3.04. The van der Waals surface area contributed by atoms with E-state index < -0.39 is 23.5 Å². The molecular formula is C15H13BrF3N. The molecule has 0 heterocycles. The summed E-state index contributed by atoms with van der Waals surface area (Å²) in [7, 11) is 0. The summed E-state index contributed by atoms with van der Waals surface area (Å²) < 4.78 is 41.3. The smallest absolute Gasteiger partial charge is 0.128 e. The van der Waals surface area contributed by atoms with Crippen LogP contribution < -0.4 is 5.32 Å². The van der Waals surface area contributed by atoms with Gasteiger partial charge in [-0.05, 0) is 48.5 Å². The van der Waals surface area contributed by atoms with Crippen LogP contribution in [-0.4, -0.2) is 6.54 Å². The van der Waals surface area contributed by atoms with E-state index >= 15 is 0 Å². The van der Waals surface area contributed by atoms with Gasteiger partial charge in [0.1, 0.15) is 17.5 Å². The SMILES string of the molecule is CCNC(c1cc(F)cc(Br)c1)c1cc(F)ccc1F. The first-order chi connectivity index (χ1) is 9.51. The van der Waals surface area contributed by atoms with Crippen LogP contribution in [0.1, 0.15) is 24.1 Å². The third-order valence-corrected chi connectivity index (χ3v) is 3.35. The van der Waals surface area contributed by atoms with Crippen molar-refractivity contribution in [3.05, 3.63) is 69.4 Å². The second kappa shape index (κ2) is 6.41. The Bertz CT molecular complexity index is 596. The third kappa shape index (κ3) is 3.41. The van der Waals surface area contributed by atoms with E-state index in [0.717, 1.165) is 18.2 Å². The highest BCUT2D eigenvalue weighted by Crippen LogP contribution is 2.28. The maximum atomic E-state index is 13.9. The predicted molar refractivity (Wildman–Crippen MR) is 76.0 cm³/mol. The zero-order valence-electron chi connectivity index (χ0n) is 10.8. The van der Waals surface area contributed by atoms with E-state index in [0.29, 0.717) is 16.6 Å². The Kier molecular flexibility index (Phi) is 4.83. The first-order valence-electron chi connectivity index (χ1n) is 6.15. The molecule has 20 heavy (non-hydrogen) atoms. The molecule has 0 radical (unpaired) electrons. The van der Waals surface area contributed by atoms with Gasteiger partial charge in [0, 0.05) is 10.0 Å². The molecule has 0 aromatic heterocycles. The molecule has 1 unspecified atom stereocenters. The lowest BCUT2D eigenvalue weighted by atomic mass is 9.98. The molecule has 1 atom stereocenters. The molecule has 0 fully saturated rings. The summed E-state index contributed by atoms with van der Waals surface area (Å²) in [6, 6.07) is 6.95. The Morgan fingerprint density at radius 3 is 2.45 bits per heavy atom. The molecule has 0 aliphatic heterocycles. The van der Waals surface area contributed by atoms with Crippen LogP contribution >= 0.6 is 15.9 Å². The van der Waals surface area contributed by atoms with Gasteiger partial charge in [-0.25, -0.2) is 13.2 Å². The average molecular weight is 344 g/mol. The van der Waals surface area contributed by atoms with Gasteiger partial charge in [0.15, 0.2) is 0 Å². The molecule has 0 spiro atoms. The maximum Gasteiger partial charge on any atom is 0.128 e. The second-order valence-electron chi connectivity index (χ2n) is 4.36. The quantitative estimate of drug-likeness (QED) is 0.857. The number of nitrogens with one attached hydrogen (secondary N) is 1. The molecule has 1 N–H and O–H groups in total. The molecule has 0 aliphatic rings. The van der Waals surface area contributed by atoms with Gasteiger partial charge < -0.3 is 5.32 Å². The number of halogens is 4. The van der Waals surface area contributed by atoms with Gasteiger partial charge in [-0.2, -0.15) is 0 Å². The van der Waals surface area contributed by atoms with Gasteiger partial charge in [0.25, 0.3) is 0 Å². The molecule has 2 aromatic carbocycles. The van der Waals surface area contributed by atoms with Gasteiger partial charge in [-0.15, -0.1) is 0 Å². The number of rotatable bonds is 4. The molecule has 2 aromatic rings. The van der Waals surface area contributed by atoms with Crippen LogP contribution in [0.3, 0.4) is 0 Å². The highest BCUT2D eigenvalue weighted by Gasteiger charge is 2.19. The summed E-state index contributed by atoms with van der Waals surface area (Å²) in [6.45, 7) is 2.38. The molecule has 1 nitrogen and oxygen atoms in total. The summed E-state index contributed by atoms with van der Waals surface area (Å²) in [5.74, 6) is -1.49.